The number of amides is 7. The topological polar surface area (TPSA) is 374 Å². The molecule has 0 bridgehead atoms. The second-order valence-electron chi connectivity index (χ2n) is 28.8. The molecule has 710 valence electrons. The van der Waals surface area contributed by atoms with Gasteiger partial charge >= 0.3 is 28.2 Å². The number of nitrogens with two attached hydrogens (primary N) is 2. The van der Waals surface area contributed by atoms with Crippen molar-refractivity contribution in [3.05, 3.63) is 143 Å². The van der Waals surface area contributed by atoms with Crippen LogP contribution >= 0.6 is 31.8 Å². The number of rotatable bonds is 6. The number of anilines is 2. The predicted molar refractivity (Wildman–Crippen MR) is 528 cm³/mol. The Morgan fingerprint density at radius 3 is 0.816 bits per heavy atom. The monoisotopic (exact) mass is 1800 g/mol. The van der Waals surface area contributed by atoms with Crippen LogP contribution in [0.4, 0.5) is 15.1 Å². The van der Waals surface area contributed by atoms with Crippen LogP contribution in [0.15, 0.2) is 142 Å². The summed E-state index contributed by atoms with van der Waals surface area (Å²) in [6.07, 6.45) is 17.5. The van der Waals surface area contributed by atoms with Gasteiger partial charge in [0.25, 0.3) is 11.8 Å². The molecule has 2 aromatic heterocycles. The summed E-state index contributed by atoms with van der Waals surface area (Å²) in [7, 11) is 9.26. The summed E-state index contributed by atoms with van der Waals surface area (Å²) < 4.78 is 23.2. The molecule has 1 unspecified atom stereocenters. The van der Waals surface area contributed by atoms with Crippen LogP contribution in [0.2, 0.25) is 0 Å². The zero-order valence-electron chi connectivity index (χ0n) is 81.4. The molecule has 5 aliphatic rings. The average Bonchev–Trinajstić information content (AvgIpc) is 1.72. The molecule has 0 saturated carbocycles. The summed E-state index contributed by atoms with van der Waals surface area (Å²) in [4.78, 5) is 101. The molecule has 125 heavy (non-hydrogen) atoms. The average molecular weight is 1810 g/mol. The Morgan fingerprint density at radius 1 is 0.432 bits per heavy atom. The van der Waals surface area contributed by atoms with E-state index in [1.807, 2.05) is 213 Å². The molecule has 5 saturated heterocycles. The Hall–Kier alpha value is -9.06. The number of nitrogens with one attached hydrogen (secondary N) is 4. The number of carbonyl (C=O) groups is 7. The molecular formula is C94H165BN14O13PS2-. The Labute approximate surface area is 767 Å². The zero-order chi connectivity index (χ0) is 95.8. The summed E-state index contributed by atoms with van der Waals surface area (Å²) in [5, 5.41) is 37.3. The minimum absolute atomic E-state index is 0. The van der Waals surface area contributed by atoms with E-state index < -0.39 is 23.4 Å². The SMILES string of the molecule is C.C1CCNCC1.CC.CC.CC.CC.CC(=O)N1CCCCC1.CC(=O)N1CCCCC1.CC(=O)N1CCCCC1.CC(=O)N1CCCCC1.CN.CN.CN=C([O-])OC(C)(C)C.CN=C([O-])OC(C)(C)C.CNC(=O)OC(C)(C)C.O=BP.O=C(Nc1nc(-c2ccccc2)cs1)c1ccccc1.O=C(Nc1nc(-c2ccccc2)cs1)c1ccccc1.[H+]. The molecule has 5 aliphatic heterocycles. The van der Waals surface area contributed by atoms with Crippen LogP contribution in [0.3, 0.4) is 0 Å². The van der Waals surface area contributed by atoms with E-state index in [1.165, 1.54) is 167 Å². The molecule has 6 aromatic rings. The largest absolute Gasteiger partial charge is 1.00 e. The van der Waals surface area contributed by atoms with Crippen molar-refractivity contribution in [3.8, 4) is 22.5 Å². The molecule has 11 rings (SSSR count). The van der Waals surface area contributed by atoms with E-state index in [9.17, 15) is 43.8 Å². The van der Waals surface area contributed by atoms with Crippen LogP contribution in [0, 0.1) is 0 Å². The molecule has 8 N–H and O–H groups in total. The first-order chi connectivity index (χ1) is 59.1. The van der Waals surface area contributed by atoms with Crippen molar-refractivity contribution in [2.24, 2.45) is 21.5 Å². The Bertz CT molecular complexity index is 3360. The van der Waals surface area contributed by atoms with Crippen LogP contribution < -0.4 is 42.9 Å². The van der Waals surface area contributed by atoms with Crippen molar-refractivity contribution in [2.75, 3.05) is 111 Å². The summed E-state index contributed by atoms with van der Waals surface area (Å²) >= 11 is 2.85. The number of aliphatic imine (C=N–C) groups is 2. The Morgan fingerprint density at radius 2 is 0.656 bits per heavy atom. The van der Waals surface area contributed by atoms with Crippen LogP contribution in [-0.2, 0) is 38.1 Å². The third-order valence-corrected chi connectivity index (χ3v) is 17.3. The van der Waals surface area contributed by atoms with Gasteiger partial charge in [-0.15, -0.1) is 22.7 Å². The van der Waals surface area contributed by atoms with Crippen LogP contribution in [0.25, 0.3) is 22.5 Å². The maximum atomic E-state index is 12.0. The van der Waals surface area contributed by atoms with Crippen molar-refractivity contribution in [3.63, 3.8) is 0 Å². The standard InChI is InChI=1S/2C16H12N2OS.4C7H13NO.3C6H13NO2.C5H11N.4C2H6.2CH5N.CH4.BH2OP/c2*19-15(13-9-5-2-6-10-13)18-16-17-14(11-20-16)12-7-3-1-4-8-12;4*1-7(9)8-5-3-2-4-6-8;3*1-6(2,3)9-5(8)7-4;1-2-4-6-5-3-1;6*1-2;;2-1-3/h2*1-11H,(H,17,18,19);4*2-6H2,1H3;3*1-4H3,(H,7,8);6H,1-5H2;4*1-2H3;2*2H2,1H3;1H4;3H2/p-1. The molecule has 1 atom stereocenters. The number of carbonyl (C=O) groups excluding carboxylic acids is 7. The number of benzene rings is 4. The van der Waals surface area contributed by atoms with E-state index >= 15 is 0 Å². The van der Waals surface area contributed by atoms with Gasteiger partial charge in [-0.2, -0.15) is 0 Å². The van der Waals surface area contributed by atoms with E-state index in [0.29, 0.717) is 28.3 Å². The number of hydrogen-bond acceptors (Lipinski definition) is 22. The fourth-order valence-electron chi connectivity index (χ4n) is 10.2. The number of hydrogen-bond donors (Lipinski definition) is 6. The summed E-state index contributed by atoms with van der Waals surface area (Å²) in [5.74, 6) is 0.646. The van der Waals surface area contributed by atoms with Gasteiger partial charge in [-0.1, -0.05) is 208 Å². The molecule has 5 fully saturated rings. The molecule has 0 aliphatic carbocycles. The second-order valence-corrected chi connectivity index (χ2v) is 30.8. The molecule has 31 heteroatoms. The molecule has 7 amide bonds. The van der Waals surface area contributed by atoms with E-state index in [0.717, 1.165) is 74.9 Å². The third-order valence-electron chi connectivity index (χ3n) is 15.8. The Balaban J connectivity index is -0.000000205. The summed E-state index contributed by atoms with van der Waals surface area (Å²) in [6.45, 7) is 49.9. The fourth-order valence-corrected chi connectivity index (χ4v) is 11.7. The Kier molecular flexibility index (Phi) is 87.2. The summed E-state index contributed by atoms with van der Waals surface area (Å²) in [6, 6.07) is 38.0. The molecule has 27 nitrogen and oxygen atoms in total. The van der Waals surface area contributed by atoms with Crippen molar-refractivity contribution in [2.45, 2.75) is 266 Å². The number of aromatic nitrogens is 2. The van der Waals surface area contributed by atoms with Crippen molar-refractivity contribution in [1.29, 1.82) is 0 Å². The van der Waals surface area contributed by atoms with Gasteiger partial charge in [0.05, 0.1) is 11.4 Å². The smallest absolute Gasteiger partial charge is 0.298 e. The van der Waals surface area contributed by atoms with Gasteiger partial charge in [-0.25, -0.2) is 14.8 Å². The van der Waals surface area contributed by atoms with E-state index in [-0.39, 0.29) is 56.0 Å². The second kappa shape index (κ2) is 84.4. The quantitative estimate of drug-likeness (QED) is 0.0390. The van der Waals surface area contributed by atoms with Gasteiger partial charge in [0.15, 0.2) is 10.3 Å². The molecular weight excluding hydrogens is 1640 g/mol. The maximum absolute atomic E-state index is 12.0. The fraction of sp³-hybridized carbons (Fsp3) is 0.585. The molecule has 0 spiro atoms. The molecule has 0 radical (unpaired) electrons. The number of piperidine rings is 5. The third kappa shape index (κ3) is 74.9. The molecule has 4 aromatic carbocycles. The van der Waals surface area contributed by atoms with Crippen molar-refractivity contribution >= 4 is 103 Å². The van der Waals surface area contributed by atoms with Crippen molar-refractivity contribution in [1.82, 2.24) is 40.2 Å². The van der Waals surface area contributed by atoms with Gasteiger partial charge in [0.2, 0.25) is 23.6 Å². The van der Waals surface area contributed by atoms with Gasteiger partial charge < -0.3 is 66.1 Å². The number of nitrogens with zero attached hydrogens (tertiary/aromatic N) is 8. The number of ether oxygens (including phenoxy) is 3. The predicted octanol–water partition coefficient (Wildman–Crippen LogP) is 18.2. The number of alkyl carbamates (subject to hydrolysis) is 1. The van der Waals surface area contributed by atoms with Crippen LogP contribution in [0.5, 0.6) is 0 Å². The van der Waals surface area contributed by atoms with Gasteiger partial charge in [-0.3, -0.25) is 49.4 Å². The number of thiazole rings is 2. The number of likely N-dealkylation sites (tertiary alicyclic amines) is 4. The van der Waals surface area contributed by atoms with Gasteiger partial charge in [0.1, 0.15) is 17.8 Å². The minimum Gasteiger partial charge on any atom is -0.298 e. The first-order valence-corrected chi connectivity index (χ1v) is 45.9. The maximum Gasteiger partial charge on any atom is 1.00 e. The first kappa shape index (κ1) is 129. The van der Waals surface area contributed by atoms with E-state index in [4.69, 9.17) is 18.9 Å². The first-order valence-electron chi connectivity index (χ1n) is 43.5. The summed E-state index contributed by atoms with van der Waals surface area (Å²) in [5.41, 5.74) is 12.9. The normalized spacial score (nSPS) is 13.2. The zero-order valence-corrected chi connectivity index (χ0v) is 83.2. The van der Waals surface area contributed by atoms with Crippen molar-refractivity contribution < 1.29 is 64.1 Å². The van der Waals surface area contributed by atoms with E-state index in [2.05, 4.69) is 52.7 Å². The van der Waals surface area contributed by atoms with Gasteiger partial charge in [-0.05, 0) is 162 Å². The van der Waals surface area contributed by atoms with Gasteiger partial charge in [0, 0.05) is 145 Å². The van der Waals surface area contributed by atoms with Crippen LogP contribution in [0.1, 0.15) is 271 Å². The van der Waals surface area contributed by atoms with Crippen LogP contribution in [-0.4, -0.2) is 208 Å². The van der Waals surface area contributed by atoms with E-state index in [1.54, 1.807) is 93.5 Å². The minimum atomic E-state index is -0.512. The molecule has 7 heterocycles.